The van der Waals surface area contributed by atoms with Gasteiger partial charge in [0.1, 0.15) is 10.3 Å². The Morgan fingerprint density at radius 1 is 0.720 bits per heavy atom. The minimum absolute atomic E-state index is 0.125. The van der Waals surface area contributed by atoms with Gasteiger partial charge in [0.25, 0.3) is 5.56 Å². The maximum atomic E-state index is 12.0. The van der Waals surface area contributed by atoms with Gasteiger partial charge in [0, 0.05) is 46.7 Å². The van der Waals surface area contributed by atoms with Gasteiger partial charge in [-0.15, -0.1) is 0 Å². The highest BCUT2D eigenvalue weighted by molar-refractivity contribution is 9.10. The van der Waals surface area contributed by atoms with Crippen molar-refractivity contribution in [1.82, 2.24) is 49.5 Å². The summed E-state index contributed by atoms with van der Waals surface area (Å²) in [6.07, 6.45) is 6.97. The van der Waals surface area contributed by atoms with E-state index >= 15 is 0 Å². The van der Waals surface area contributed by atoms with E-state index in [4.69, 9.17) is 34.7 Å². The number of H-pyrrole nitrogens is 1. The Kier molecular flexibility index (Phi) is 8.74. The maximum absolute atomic E-state index is 12.0. The molecule has 8 rings (SSSR count). The van der Waals surface area contributed by atoms with Crippen LogP contribution in [0.25, 0.3) is 56.0 Å². The van der Waals surface area contributed by atoms with Crippen molar-refractivity contribution in [1.29, 1.82) is 0 Å². The quantitative estimate of drug-likeness (QED) is 0.170. The van der Waals surface area contributed by atoms with Crippen molar-refractivity contribution < 1.29 is 0 Å². The van der Waals surface area contributed by atoms with Crippen LogP contribution in [0, 0.1) is 13.8 Å². The molecule has 13 nitrogen and oxygen atoms in total. The lowest BCUT2D eigenvalue weighted by atomic mass is 10.1. The number of benzene rings is 2. The summed E-state index contributed by atoms with van der Waals surface area (Å²) >= 11 is 16.1. The monoisotopic (exact) mass is 766 g/mol. The number of aryl methyl sites for hydroxylation is 2. The van der Waals surface area contributed by atoms with Crippen LogP contribution in [0.1, 0.15) is 11.4 Å². The molecule has 0 bridgehead atoms. The number of nitrogen functional groups attached to an aromatic ring is 2. The van der Waals surface area contributed by atoms with Crippen molar-refractivity contribution in [3.8, 4) is 34.2 Å². The first kappa shape index (κ1) is 32.8. The van der Waals surface area contributed by atoms with E-state index in [0.717, 1.165) is 33.2 Å². The minimum Gasteiger partial charge on any atom is -0.381 e. The zero-order valence-corrected chi connectivity index (χ0v) is 29.4. The average Bonchev–Trinajstić information content (AvgIpc) is 3.75. The molecule has 0 radical (unpaired) electrons. The number of nitrogens with one attached hydrogen (secondary N) is 1. The van der Waals surface area contributed by atoms with Crippen molar-refractivity contribution >= 4 is 72.6 Å². The van der Waals surface area contributed by atoms with Gasteiger partial charge in [-0.1, -0.05) is 35.3 Å². The molecule has 0 saturated carbocycles. The Bertz CT molecular complexity index is 2640. The number of rotatable bonds is 4. The molecule has 16 heteroatoms. The first-order valence-corrected chi connectivity index (χ1v) is 16.5. The van der Waals surface area contributed by atoms with Gasteiger partial charge in [0.2, 0.25) is 0 Å². The van der Waals surface area contributed by atoms with E-state index in [2.05, 4.69) is 56.0 Å². The second-order valence-corrected chi connectivity index (χ2v) is 12.7. The van der Waals surface area contributed by atoms with Gasteiger partial charge in [-0.3, -0.25) is 14.8 Å². The van der Waals surface area contributed by atoms with Gasteiger partial charge < -0.3 is 16.5 Å². The van der Waals surface area contributed by atoms with Crippen LogP contribution < -0.4 is 17.0 Å². The molecule has 0 aliphatic heterocycles. The molecule has 0 amide bonds. The number of hydrogen-bond donors (Lipinski definition) is 3. The third-order valence-electron chi connectivity index (χ3n) is 7.54. The predicted molar refractivity (Wildman–Crippen MR) is 199 cm³/mol. The van der Waals surface area contributed by atoms with Crippen LogP contribution in [0.5, 0.6) is 0 Å². The lowest BCUT2D eigenvalue weighted by Gasteiger charge is -2.11. The van der Waals surface area contributed by atoms with Gasteiger partial charge in [0.05, 0.1) is 38.2 Å². The van der Waals surface area contributed by atoms with E-state index in [1.165, 1.54) is 0 Å². The van der Waals surface area contributed by atoms with E-state index in [9.17, 15) is 4.79 Å². The van der Waals surface area contributed by atoms with Crippen LogP contribution in [0.2, 0.25) is 10.0 Å². The molecule has 5 N–H and O–H groups in total. The highest BCUT2D eigenvalue weighted by atomic mass is 79.9. The fourth-order valence-corrected chi connectivity index (χ4v) is 6.05. The molecule has 0 saturated heterocycles. The third kappa shape index (κ3) is 6.39. The number of anilines is 2. The summed E-state index contributed by atoms with van der Waals surface area (Å²) in [7, 11) is 0. The molecular formula is C34H25BrCl2N12O. The van der Waals surface area contributed by atoms with E-state index in [0.29, 0.717) is 54.6 Å². The molecule has 2 aromatic carbocycles. The van der Waals surface area contributed by atoms with Crippen molar-refractivity contribution in [3.05, 3.63) is 122 Å². The average molecular weight is 768 g/mol. The van der Waals surface area contributed by atoms with Crippen molar-refractivity contribution in [2.75, 3.05) is 11.5 Å². The van der Waals surface area contributed by atoms with E-state index < -0.39 is 5.56 Å². The second kappa shape index (κ2) is 13.3. The van der Waals surface area contributed by atoms with Crippen molar-refractivity contribution in [2.45, 2.75) is 13.8 Å². The van der Waals surface area contributed by atoms with Crippen molar-refractivity contribution in [3.63, 3.8) is 0 Å². The largest absolute Gasteiger partial charge is 0.381 e. The smallest absolute Gasteiger partial charge is 0.291 e. The number of pyridine rings is 2. The number of nitrogens with two attached hydrogens (primary N) is 2. The summed E-state index contributed by atoms with van der Waals surface area (Å²) in [5.41, 5.74) is 16.9. The Balaban J connectivity index is 0.000000157. The van der Waals surface area contributed by atoms with Gasteiger partial charge in [-0.2, -0.15) is 10.2 Å². The van der Waals surface area contributed by atoms with Gasteiger partial charge in [0.15, 0.2) is 23.3 Å². The predicted octanol–water partition coefficient (Wildman–Crippen LogP) is 6.90. The first-order chi connectivity index (χ1) is 24.0. The molecule has 0 spiro atoms. The van der Waals surface area contributed by atoms with Crippen LogP contribution in [0.15, 0.2) is 94.8 Å². The summed E-state index contributed by atoms with van der Waals surface area (Å²) in [6, 6.07) is 18.7. The van der Waals surface area contributed by atoms with Gasteiger partial charge in [-0.05, 0) is 78.3 Å². The number of aromatic amines is 1. The topological polar surface area (TPSA) is 185 Å². The summed E-state index contributed by atoms with van der Waals surface area (Å²) in [6.45, 7) is 3.77. The molecule has 0 fully saturated rings. The number of nitrogens with zero attached hydrogens (tertiary/aromatic N) is 9. The first-order valence-electron chi connectivity index (χ1n) is 14.9. The number of hydrogen-bond acceptors (Lipinski definition) is 10. The standard InChI is InChI=1S/C17H12BrClN6.C17H13ClN6O/c1-9-4-6-25(24-9)17-14(22-15(18)16(20)23-17)11-7-10-3-2-5-21-13(10)12(19)8-11;1-9-4-6-24(23-9)16-14(21-17(25)15(19)22-16)11-7-10-3-2-5-20-13(10)12(18)8-11/h2-8H,1H3,(H2,20,23);2-8H,1H3,(H2,19,22)(H,21,25). The third-order valence-corrected chi connectivity index (χ3v) is 8.70. The molecule has 0 aliphatic carbocycles. The summed E-state index contributed by atoms with van der Waals surface area (Å²) < 4.78 is 3.69. The van der Waals surface area contributed by atoms with Gasteiger partial charge in [-0.25, -0.2) is 24.3 Å². The lowest BCUT2D eigenvalue weighted by Crippen LogP contribution is -2.18. The lowest BCUT2D eigenvalue weighted by molar-refractivity contribution is 0.826. The number of aromatic nitrogens is 10. The van der Waals surface area contributed by atoms with Crippen LogP contribution in [0.4, 0.5) is 11.6 Å². The SMILES string of the molecule is Cc1ccn(-c2nc(N)c(=O)[nH]c2-c2cc(Cl)c3ncccc3c2)n1.Cc1ccn(-c2nc(N)c(Br)nc2-c2cc(Cl)c3ncccc3c2)n1. The molecule has 8 aromatic rings. The Morgan fingerprint density at radius 2 is 1.26 bits per heavy atom. The molecule has 0 unspecified atom stereocenters. The minimum atomic E-state index is -0.468. The Hall–Kier alpha value is -5.70. The maximum Gasteiger partial charge on any atom is 0.291 e. The highest BCUT2D eigenvalue weighted by Crippen LogP contribution is 2.33. The molecular weight excluding hydrogens is 743 g/mol. The molecule has 248 valence electrons. The van der Waals surface area contributed by atoms with Crippen LogP contribution in [-0.4, -0.2) is 49.5 Å². The van der Waals surface area contributed by atoms with E-state index in [-0.39, 0.29) is 5.82 Å². The van der Waals surface area contributed by atoms with Gasteiger partial charge >= 0.3 is 0 Å². The van der Waals surface area contributed by atoms with Crippen LogP contribution in [0.3, 0.4) is 0 Å². The van der Waals surface area contributed by atoms with Crippen LogP contribution >= 0.6 is 39.1 Å². The number of halogens is 3. The Morgan fingerprint density at radius 3 is 1.84 bits per heavy atom. The zero-order chi connectivity index (χ0) is 35.1. The number of fused-ring (bicyclic) bond motifs is 2. The van der Waals surface area contributed by atoms with E-state index in [1.807, 2.05) is 74.6 Å². The summed E-state index contributed by atoms with van der Waals surface area (Å²) in [5.74, 6) is 1.12. The summed E-state index contributed by atoms with van der Waals surface area (Å²) in [5, 5.41) is 11.6. The fraction of sp³-hybridized carbons (Fsp3) is 0.0588. The Labute approximate surface area is 302 Å². The molecule has 0 atom stereocenters. The van der Waals surface area contributed by atoms with E-state index in [1.54, 1.807) is 34.0 Å². The van der Waals surface area contributed by atoms with Crippen LogP contribution in [-0.2, 0) is 0 Å². The zero-order valence-electron chi connectivity index (χ0n) is 26.3. The molecule has 6 aromatic heterocycles. The summed E-state index contributed by atoms with van der Waals surface area (Å²) in [4.78, 5) is 36.6. The van der Waals surface area contributed by atoms with Crippen molar-refractivity contribution in [2.24, 2.45) is 0 Å². The molecule has 0 aliphatic rings. The highest BCUT2D eigenvalue weighted by Gasteiger charge is 2.18. The second-order valence-electron chi connectivity index (χ2n) is 11.1. The normalized spacial score (nSPS) is 11.1. The molecule has 6 heterocycles. The fourth-order valence-electron chi connectivity index (χ4n) is 5.24. The molecule has 50 heavy (non-hydrogen) atoms.